The number of aromatic carboxylic acids is 1. The maximum atomic E-state index is 13.6. The van der Waals surface area contributed by atoms with Crippen molar-refractivity contribution in [2.45, 2.75) is 235 Å². The van der Waals surface area contributed by atoms with Gasteiger partial charge in [0, 0.05) is 25.4 Å². The first kappa shape index (κ1) is 58.2. The number of carbonyl (C=O) groups is 4. The zero-order chi connectivity index (χ0) is 52.9. The lowest BCUT2D eigenvalue weighted by Gasteiger charge is -2.61. The second-order valence-electron chi connectivity index (χ2n) is 26.9. The van der Waals surface area contributed by atoms with Crippen LogP contribution in [-0.2, 0) is 22.7 Å². The molecular formula is C60H99N7O7. The second-order valence-corrected chi connectivity index (χ2v) is 26.9. The Morgan fingerprint density at radius 2 is 0.986 bits per heavy atom. The summed E-state index contributed by atoms with van der Waals surface area (Å²) in [6.45, 7) is 21.1. The molecule has 3 N–H and O–H groups in total. The van der Waals surface area contributed by atoms with Gasteiger partial charge in [0.1, 0.15) is 13.1 Å². The van der Waals surface area contributed by atoms with Crippen molar-refractivity contribution in [2.24, 2.45) is 80.8 Å². The molecule has 0 unspecified atom stereocenters. The van der Waals surface area contributed by atoms with Crippen molar-refractivity contribution in [3.8, 4) is 0 Å². The minimum atomic E-state index is -1.12. The van der Waals surface area contributed by atoms with E-state index in [1.807, 2.05) is 20.8 Å². The van der Waals surface area contributed by atoms with Gasteiger partial charge >= 0.3 is 5.97 Å². The van der Waals surface area contributed by atoms with Crippen LogP contribution in [-0.4, -0.2) is 98.4 Å². The number of carboxylic acids is 1. The van der Waals surface area contributed by atoms with E-state index in [1.165, 1.54) is 79.8 Å². The molecule has 0 radical (unpaired) electrons. The topological polar surface area (TPSA) is 194 Å². The van der Waals surface area contributed by atoms with E-state index in [4.69, 9.17) is 5.11 Å². The van der Waals surface area contributed by atoms with Crippen molar-refractivity contribution >= 4 is 23.4 Å². The number of ketones is 2. The first-order chi connectivity index (χ1) is 34.4. The van der Waals surface area contributed by atoms with Gasteiger partial charge in [-0.1, -0.05) is 75.2 Å². The molecular weight excluding hydrogens is 931 g/mol. The molecule has 0 aliphatic heterocycles. The maximum absolute atomic E-state index is 13.6. The Morgan fingerprint density at radius 1 is 0.568 bits per heavy atom. The van der Waals surface area contributed by atoms with Crippen molar-refractivity contribution < 1.29 is 34.5 Å². The predicted octanol–water partition coefficient (Wildman–Crippen LogP) is 11.5. The summed E-state index contributed by atoms with van der Waals surface area (Å²) in [6, 6.07) is 0. The number of rotatable bonds is 12. The normalized spacial score (nSPS) is 40.6. The predicted molar refractivity (Wildman–Crippen MR) is 288 cm³/mol. The number of hydrogen-bond donors (Lipinski definition) is 3. The molecule has 8 fully saturated rings. The van der Waals surface area contributed by atoms with Crippen LogP contribution in [0.15, 0.2) is 12.4 Å². The third kappa shape index (κ3) is 11.1. The summed E-state index contributed by atoms with van der Waals surface area (Å²) >= 11 is 0. The largest absolute Gasteiger partial charge is 0.476 e. The number of carbonyl (C=O) groups excluding carboxylic acids is 3. The van der Waals surface area contributed by atoms with Crippen LogP contribution in [0.1, 0.15) is 232 Å². The van der Waals surface area contributed by atoms with Crippen molar-refractivity contribution in [1.82, 2.24) is 34.9 Å². The Kier molecular flexibility index (Phi) is 17.6. The highest BCUT2D eigenvalue weighted by atomic mass is 16.4. The summed E-state index contributed by atoms with van der Waals surface area (Å²) in [5.74, 6) is 4.40. The maximum Gasteiger partial charge on any atom is 0.358 e. The zero-order valence-corrected chi connectivity index (χ0v) is 46.7. The average molecular weight is 1030 g/mol. The van der Waals surface area contributed by atoms with Gasteiger partial charge in [-0.3, -0.25) is 14.4 Å². The van der Waals surface area contributed by atoms with E-state index in [2.05, 4.69) is 61.9 Å². The Hall–Kier alpha value is -3.52. The molecule has 0 spiro atoms. The van der Waals surface area contributed by atoms with Crippen LogP contribution < -0.4 is 0 Å². The lowest BCUT2D eigenvalue weighted by Crippen LogP contribution is -2.55. The quantitative estimate of drug-likeness (QED) is 0.183. The van der Waals surface area contributed by atoms with Gasteiger partial charge in [0.25, 0.3) is 5.91 Å². The lowest BCUT2D eigenvalue weighted by molar-refractivity contribution is -0.151. The summed E-state index contributed by atoms with van der Waals surface area (Å²) in [5, 5.41) is 47.0. The Balaban J connectivity index is 0.000000197. The molecule has 2 aromatic heterocycles. The minimum Gasteiger partial charge on any atom is -0.476 e. The van der Waals surface area contributed by atoms with Crippen molar-refractivity contribution in [2.75, 3.05) is 13.6 Å². The fourth-order valence-electron chi connectivity index (χ4n) is 18.3. The van der Waals surface area contributed by atoms with Crippen LogP contribution in [0.2, 0.25) is 0 Å². The Bertz CT molecular complexity index is 2290. The van der Waals surface area contributed by atoms with E-state index in [1.54, 1.807) is 11.9 Å². The van der Waals surface area contributed by atoms with Gasteiger partial charge in [0.05, 0.1) is 23.6 Å². The van der Waals surface area contributed by atoms with Gasteiger partial charge in [-0.25, -0.2) is 4.79 Å². The van der Waals surface area contributed by atoms with Crippen molar-refractivity contribution in [3.05, 3.63) is 23.8 Å². The molecule has 14 nitrogen and oxygen atoms in total. The fourth-order valence-corrected chi connectivity index (χ4v) is 18.3. The van der Waals surface area contributed by atoms with E-state index >= 15 is 0 Å². The number of carboxylic acid groups (broad SMARTS) is 1. The van der Waals surface area contributed by atoms with Crippen LogP contribution >= 0.6 is 0 Å². The molecule has 1 amide bonds. The molecule has 0 saturated heterocycles. The van der Waals surface area contributed by atoms with Gasteiger partial charge in [0.2, 0.25) is 0 Å². The third-order valence-corrected chi connectivity index (χ3v) is 22.4. The van der Waals surface area contributed by atoms with Crippen LogP contribution in [0.5, 0.6) is 0 Å². The van der Waals surface area contributed by atoms with E-state index < -0.39 is 17.2 Å². The monoisotopic (exact) mass is 1030 g/mol. The summed E-state index contributed by atoms with van der Waals surface area (Å²) < 4.78 is 0. The van der Waals surface area contributed by atoms with Gasteiger partial charge in [-0.2, -0.15) is 19.8 Å². The molecule has 8 aliphatic carbocycles. The van der Waals surface area contributed by atoms with E-state index in [0.717, 1.165) is 89.4 Å². The number of fused-ring (bicyclic) bond motifs is 10. The molecule has 14 heteroatoms. The average Bonchev–Trinajstić information content (AvgIpc) is 4.15. The van der Waals surface area contributed by atoms with Crippen LogP contribution in [0, 0.1) is 80.8 Å². The van der Waals surface area contributed by atoms with Crippen LogP contribution in [0.25, 0.3) is 0 Å². The van der Waals surface area contributed by atoms with E-state index in [9.17, 15) is 29.4 Å². The van der Waals surface area contributed by atoms with Crippen LogP contribution in [0.3, 0.4) is 0 Å². The third-order valence-electron chi connectivity index (χ3n) is 22.4. The smallest absolute Gasteiger partial charge is 0.358 e. The number of Topliss-reactive ketones (excluding diaryl/α,β-unsaturated/α-hetero) is 2. The van der Waals surface area contributed by atoms with Gasteiger partial charge in [0.15, 0.2) is 23.0 Å². The van der Waals surface area contributed by atoms with Crippen LogP contribution in [0.4, 0.5) is 0 Å². The first-order valence-corrected chi connectivity index (χ1v) is 29.2. The summed E-state index contributed by atoms with van der Waals surface area (Å²) in [4.78, 5) is 54.8. The molecule has 74 heavy (non-hydrogen) atoms. The number of aromatic nitrogens is 6. The summed E-state index contributed by atoms with van der Waals surface area (Å²) in [7, 11) is 1.77. The zero-order valence-electron chi connectivity index (χ0n) is 46.7. The highest BCUT2D eigenvalue weighted by molar-refractivity contribution is 5.91. The molecule has 8 saturated carbocycles. The molecule has 2 aromatic rings. The lowest BCUT2D eigenvalue weighted by atomic mass is 9.44. The number of nitrogens with zero attached hydrogens (tertiary/aromatic N) is 7. The molecule has 0 aromatic carbocycles. The Morgan fingerprint density at radius 3 is 1.38 bits per heavy atom. The molecule has 8 aliphatic rings. The number of unbranched alkanes of at least 4 members (excludes halogenated alkanes) is 2. The first-order valence-electron chi connectivity index (χ1n) is 29.2. The van der Waals surface area contributed by atoms with Gasteiger partial charge in [-0.15, -0.1) is 10.2 Å². The second kappa shape index (κ2) is 22.4. The van der Waals surface area contributed by atoms with Crippen molar-refractivity contribution in [3.63, 3.8) is 0 Å². The standard InChI is InChI=1S/C29H46N4O3.C25H37N3O4.C5H12.CH4/c1-6-15-32(5)26(35)24-17-30-33(31-24)18-25(34)23-10-9-21-20-8-7-19-16-27(2,36)13-14-28(19,3)22(20)11-12-29(21,23)4;1-23(32)10-11-24(2)15(12-23)4-5-16-17-6-7-19(25(17,3)9-8-18(16)24)21(29)14-28-26-13-20(27-28)22(30)31;1-3-5-4-2;/h17,19-23,36H,6-16,18H2,1-5H3;13,15-19,32H,4-12,14H2,1-3H3,(H,30,31);3-5H2,1-2H3;1H4/t19-,20+,21+,22+,23-,27-,28+,29+;15-,16+,17+,18+,19-,23-,24+,25+;;/m11../s1. The molecule has 0 bridgehead atoms. The molecule has 2 heterocycles. The molecule has 416 valence electrons. The number of amides is 1. The summed E-state index contributed by atoms with van der Waals surface area (Å²) in [6.07, 6.45) is 27.3. The Labute approximate surface area is 444 Å². The number of aliphatic hydroxyl groups is 2. The number of hydrogen-bond acceptors (Lipinski definition) is 10. The molecule has 10 rings (SSSR count). The van der Waals surface area contributed by atoms with Gasteiger partial charge < -0.3 is 20.2 Å². The highest BCUT2D eigenvalue weighted by Crippen LogP contribution is 2.70. The van der Waals surface area contributed by atoms with Crippen molar-refractivity contribution in [1.29, 1.82) is 0 Å². The van der Waals surface area contributed by atoms with Gasteiger partial charge in [-0.05, 0) is 205 Å². The SMILES string of the molecule is C.CCCCC.CCCN(C)C(=O)c1cnn(CC(=O)[C@H]2CC[C@H]3[C@@H]4CC[C@@H]5C[C@](C)(O)CC[C@]5(C)[C@H]4CC[C@]23C)n1.C[C@@]1(O)CC[C@@]2(C)[C@H](CC[C@@H]3[C@@H]2CC[C@]2(C)[C@@H](C(=O)Cn4ncc(C(=O)O)n4)CC[C@@H]32)C1. The molecule has 16 atom stereocenters. The summed E-state index contributed by atoms with van der Waals surface area (Å²) in [5.41, 5.74) is -0.0915. The van der Waals surface area contributed by atoms with E-state index in [-0.39, 0.29) is 66.3 Å². The van der Waals surface area contributed by atoms with E-state index in [0.29, 0.717) is 64.5 Å². The fraction of sp³-hybridized carbons (Fsp3) is 0.867. The highest BCUT2D eigenvalue weighted by Gasteiger charge is 2.63. The minimum absolute atomic E-state index is 0.